The molecule has 4 heterocycles. The molecule has 0 N–H and O–H groups in total. The molecule has 1 atom stereocenters. The van der Waals surface area contributed by atoms with E-state index in [4.69, 9.17) is 16.3 Å². The molecule has 7 rings (SSSR count). The molecule has 2 aromatic carbocycles. The van der Waals surface area contributed by atoms with E-state index in [-0.39, 0.29) is 24.1 Å². The second-order valence-corrected chi connectivity index (χ2v) is 11.0. The molecule has 3 aromatic rings. The van der Waals surface area contributed by atoms with Crippen LogP contribution in [0.3, 0.4) is 0 Å². The van der Waals surface area contributed by atoms with Gasteiger partial charge < -0.3 is 14.5 Å². The van der Waals surface area contributed by atoms with Crippen LogP contribution >= 0.6 is 11.6 Å². The van der Waals surface area contributed by atoms with Gasteiger partial charge in [-0.3, -0.25) is 9.47 Å². The van der Waals surface area contributed by atoms with Crippen molar-refractivity contribution in [1.29, 1.82) is 0 Å². The fourth-order valence-corrected chi connectivity index (χ4v) is 6.18. The number of aromatic nitrogens is 3. The maximum absolute atomic E-state index is 14.4. The molecule has 0 radical (unpaired) electrons. The smallest absolute Gasteiger partial charge is 0.265 e. The van der Waals surface area contributed by atoms with Gasteiger partial charge in [-0.05, 0) is 23.8 Å². The number of anilines is 2. The van der Waals surface area contributed by atoms with Gasteiger partial charge in [-0.1, -0.05) is 11.6 Å². The van der Waals surface area contributed by atoms with E-state index in [1.165, 1.54) is 13.2 Å². The lowest BCUT2D eigenvalue weighted by atomic mass is 9.72. The molecule has 1 aromatic heterocycles. The Labute approximate surface area is 215 Å². The van der Waals surface area contributed by atoms with Crippen LogP contribution in [0, 0.1) is 17.0 Å². The summed E-state index contributed by atoms with van der Waals surface area (Å²) in [7, 11) is 1.35. The molecule has 1 saturated carbocycles. The Morgan fingerprint density at radius 2 is 1.68 bits per heavy atom. The average molecular weight is 535 g/mol. The molecule has 1 spiro atoms. The van der Waals surface area contributed by atoms with Gasteiger partial charge in [0.25, 0.3) is 5.92 Å². The molecule has 12 heteroatoms. The van der Waals surface area contributed by atoms with Gasteiger partial charge in [-0.15, -0.1) is 10.2 Å². The third-order valence-corrected chi connectivity index (χ3v) is 8.13. The summed E-state index contributed by atoms with van der Waals surface area (Å²) in [5.74, 6) is -2.77. The third-order valence-electron chi connectivity index (χ3n) is 7.90. The lowest BCUT2D eigenvalue weighted by molar-refractivity contribution is 0.0663. The zero-order chi connectivity index (χ0) is 25.7. The van der Waals surface area contributed by atoms with Gasteiger partial charge in [-0.2, -0.15) is 0 Å². The number of rotatable bonds is 4. The molecule has 7 nitrogen and oxygen atoms in total. The number of ether oxygens (including phenoxy) is 1. The molecule has 1 unspecified atom stereocenters. The molecule has 0 amide bonds. The van der Waals surface area contributed by atoms with Crippen molar-refractivity contribution in [3.05, 3.63) is 58.4 Å². The molecule has 0 bridgehead atoms. The summed E-state index contributed by atoms with van der Waals surface area (Å²) in [5.41, 5.74) is 1.96. The maximum atomic E-state index is 14.4. The molecule has 4 aliphatic rings. The van der Waals surface area contributed by atoms with E-state index in [2.05, 4.69) is 15.1 Å². The van der Waals surface area contributed by atoms with E-state index < -0.39 is 23.6 Å². The molecule has 2 saturated heterocycles. The Morgan fingerprint density at radius 3 is 2.38 bits per heavy atom. The van der Waals surface area contributed by atoms with E-state index in [9.17, 15) is 17.6 Å². The summed E-state index contributed by atoms with van der Waals surface area (Å²) in [4.78, 5) is 5.73. The minimum atomic E-state index is -2.69. The van der Waals surface area contributed by atoms with Crippen molar-refractivity contribution < 1.29 is 22.3 Å². The number of hydrogen-bond donors (Lipinski definition) is 0. The van der Waals surface area contributed by atoms with E-state index in [1.54, 1.807) is 11.0 Å². The summed E-state index contributed by atoms with van der Waals surface area (Å²) >= 11 is 6.26. The van der Waals surface area contributed by atoms with Crippen LogP contribution in [-0.2, 0) is 13.1 Å². The number of fused-ring (bicyclic) bond motifs is 3. The zero-order valence-electron chi connectivity index (χ0n) is 19.9. The van der Waals surface area contributed by atoms with Crippen molar-refractivity contribution >= 4 is 23.2 Å². The van der Waals surface area contributed by atoms with Crippen molar-refractivity contribution in [3.63, 3.8) is 0 Å². The highest BCUT2D eigenvalue weighted by Crippen LogP contribution is 2.49. The van der Waals surface area contributed by atoms with Crippen LogP contribution in [0.25, 0.3) is 5.69 Å². The van der Waals surface area contributed by atoms with Gasteiger partial charge in [0.2, 0.25) is 5.95 Å². The van der Waals surface area contributed by atoms with Gasteiger partial charge in [-0.25, -0.2) is 17.6 Å². The highest BCUT2D eigenvalue weighted by Gasteiger charge is 2.60. The van der Waals surface area contributed by atoms with Crippen molar-refractivity contribution in [2.45, 2.75) is 31.5 Å². The zero-order valence-corrected chi connectivity index (χ0v) is 20.7. The monoisotopic (exact) mass is 534 g/mol. The highest BCUT2D eigenvalue weighted by atomic mass is 35.5. The predicted octanol–water partition coefficient (Wildman–Crippen LogP) is 4.26. The van der Waals surface area contributed by atoms with Gasteiger partial charge in [0.05, 0.1) is 31.1 Å². The number of halogens is 5. The highest BCUT2D eigenvalue weighted by molar-refractivity contribution is 6.30. The van der Waals surface area contributed by atoms with Gasteiger partial charge in [0, 0.05) is 61.7 Å². The van der Waals surface area contributed by atoms with Crippen LogP contribution < -0.4 is 14.5 Å². The molecule has 1 aliphatic carbocycles. The van der Waals surface area contributed by atoms with Crippen molar-refractivity contribution in [3.8, 4) is 11.4 Å². The number of methoxy groups -OCH3 is 1. The first kappa shape index (κ1) is 23.1. The Hall–Kier alpha value is -3.05. The Kier molecular flexibility index (Phi) is 4.83. The lowest BCUT2D eigenvalue weighted by Gasteiger charge is -2.61. The van der Waals surface area contributed by atoms with Crippen LogP contribution in [-0.4, -0.2) is 64.9 Å². The molecule has 37 heavy (non-hydrogen) atoms. The summed E-state index contributed by atoms with van der Waals surface area (Å²) < 4.78 is 63.1. The van der Waals surface area contributed by atoms with E-state index in [0.29, 0.717) is 55.2 Å². The molecule has 3 aliphatic heterocycles. The first-order valence-electron chi connectivity index (χ1n) is 12.0. The fourth-order valence-electron chi connectivity index (χ4n) is 5.99. The van der Waals surface area contributed by atoms with Crippen molar-refractivity contribution in [2.75, 3.05) is 43.1 Å². The van der Waals surface area contributed by atoms with Gasteiger partial charge in [0.1, 0.15) is 5.82 Å². The quantitative estimate of drug-likeness (QED) is 0.466. The second-order valence-electron chi connectivity index (χ2n) is 10.6. The second kappa shape index (κ2) is 7.73. The molecule has 3 fully saturated rings. The number of alkyl halides is 2. The maximum Gasteiger partial charge on any atom is 0.265 e. The fraction of sp³-hybridized carbons (Fsp3) is 0.440. The number of hydrogen-bond acceptors (Lipinski definition) is 6. The van der Waals surface area contributed by atoms with Crippen LogP contribution in [0.4, 0.5) is 29.2 Å². The summed E-state index contributed by atoms with van der Waals surface area (Å²) in [6.45, 7) is 3.23. The van der Waals surface area contributed by atoms with E-state index in [0.717, 1.165) is 17.3 Å². The Bertz CT molecular complexity index is 1420. The first-order chi connectivity index (χ1) is 17.7. The molecular formula is C25H23ClF4N6O. The summed E-state index contributed by atoms with van der Waals surface area (Å²) in [5, 5.41) is 9.37. The van der Waals surface area contributed by atoms with E-state index >= 15 is 0 Å². The number of nitrogens with zero attached hydrogens (tertiary/aromatic N) is 6. The molecule has 194 valence electrons. The Morgan fingerprint density at radius 1 is 0.946 bits per heavy atom. The normalized spacial score (nSPS) is 23.1. The van der Waals surface area contributed by atoms with E-state index in [1.807, 2.05) is 21.6 Å². The van der Waals surface area contributed by atoms with Gasteiger partial charge >= 0.3 is 0 Å². The largest absolute Gasteiger partial charge is 0.494 e. The predicted molar refractivity (Wildman–Crippen MR) is 129 cm³/mol. The minimum Gasteiger partial charge on any atom is -0.494 e. The van der Waals surface area contributed by atoms with Crippen LogP contribution in [0.5, 0.6) is 5.75 Å². The van der Waals surface area contributed by atoms with Crippen LogP contribution in [0.2, 0.25) is 5.02 Å². The summed E-state index contributed by atoms with van der Waals surface area (Å²) in [6, 6.07) is 6.91. The Balaban J connectivity index is 1.13. The topological polar surface area (TPSA) is 49.7 Å². The SMILES string of the molecule is COc1cc(N2CC3(C2)CN(c2nnc4n2-c2ccc(Cl)cc2CN(C2CC2(F)F)C4)C3)c(F)cc1F. The van der Waals surface area contributed by atoms with Gasteiger partial charge in [0.15, 0.2) is 17.4 Å². The number of benzene rings is 2. The minimum absolute atomic E-state index is 0.00973. The first-order valence-corrected chi connectivity index (χ1v) is 12.4. The summed E-state index contributed by atoms with van der Waals surface area (Å²) in [6.07, 6.45) is -0.157. The lowest BCUT2D eigenvalue weighted by Crippen LogP contribution is -2.73. The van der Waals surface area contributed by atoms with Crippen LogP contribution in [0.1, 0.15) is 17.8 Å². The third kappa shape index (κ3) is 3.58. The molecular weight excluding hydrogens is 512 g/mol. The van der Waals surface area contributed by atoms with Crippen LogP contribution in [0.15, 0.2) is 30.3 Å². The van der Waals surface area contributed by atoms with Crippen molar-refractivity contribution in [2.24, 2.45) is 5.41 Å². The average Bonchev–Trinajstić information content (AvgIpc) is 3.31. The van der Waals surface area contributed by atoms with Crippen molar-refractivity contribution in [1.82, 2.24) is 19.7 Å². The standard InChI is InChI=1S/C25H23ClF4N6O/c1-37-20-6-19(16(27)5-17(20)28)34-10-24(11-34)12-35(13-24)23-32-31-22-9-33(21-7-25(21,29)30)8-14-4-15(26)2-3-18(14)36(22)23/h2-6,21H,7-13H2,1H3.